The van der Waals surface area contributed by atoms with Gasteiger partial charge in [-0.05, 0) is 18.9 Å². The first-order valence-corrected chi connectivity index (χ1v) is 9.42. The summed E-state index contributed by atoms with van der Waals surface area (Å²) in [6.07, 6.45) is 3.61. The molecule has 3 heterocycles. The van der Waals surface area contributed by atoms with Gasteiger partial charge in [0.2, 0.25) is 11.9 Å². The Kier molecular flexibility index (Phi) is 5.25. The van der Waals surface area contributed by atoms with Crippen LogP contribution in [0, 0.1) is 5.92 Å². The van der Waals surface area contributed by atoms with Gasteiger partial charge in [-0.2, -0.15) is 16.7 Å². The highest BCUT2D eigenvalue weighted by Crippen LogP contribution is 2.24. The summed E-state index contributed by atoms with van der Waals surface area (Å²) in [4.78, 5) is 27.8. The van der Waals surface area contributed by atoms with Crippen LogP contribution in [0.1, 0.15) is 12.8 Å². The summed E-state index contributed by atoms with van der Waals surface area (Å²) in [5.41, 5.74) is 0. The minimum Gasteiger partial charge on any atom is -0.363 e. The minimum atomic E-state index is 0.173. The van der Waals surface area contributed by atoms with Crippen molar-refractivity contribution < 1.29 is 4.79 Å². The Morgan fingerprint density at radius 1 is 1.22 bits per heavy atom. The second kappa shape index (κ2) is 7.38. The Morgan fingerprint density at radius 2 is 1.91 bits per heavy atom. The summed E-state index contributed by atoms with van der Waals surface area (Å²) < 4.78 is 0. The quantitative estimate of drug-likeness (QED) is 0.831. The molecule has 2 saturated heterocycles. The zero-order valence-electron chi connectivity index (χ0n) is 13.9. The molecule has 0 N–H and O–H groups in total. The number of thioether (sulfide) groups is 1. The van der Waals surface area contributed by atoms with E-state index in [2.05, 4.69) is 19.8 Å². The second-order valence-electron chi connectivity index (χ2n) is 6.31. The van der Waals surface area contributed by atoms with Crippen molar-refractivity contribution in [2.45, 2.75) is 12.8 Å². The Morgan fingerprint density at radius 3 is 2.57 bits per heavy atom. The van der Waals surface area contributed by atoms with Crippen LogP contribution >= 0.6 is 11.8 Å². The number of amides is 1. The van der Waals surface area contributed by atoms with Crippen LogP contribution in [0.15, 0.2) is 12.3 Å². The first-order valence-electron chi connectivity index (χ1n) is 8.27. The predicted molar refractivity (Wildman–Crippen MR) is 95.2 cm³/mol. The average molecular weight is 335 g/mol. The minimum absolute atomic E-state index is 0.173. The SMILES string of the molecule is CN(C)c1ccnc(N2CCC(C(=O)N3CCSCC3)CC2)n1. The zero-order valence-corrected chi connectivity index (χ0v) is 14.8. The van der Waals surface area contributed by atoms with Crippen LogP contribution in [0.3, 0.4) is 0 Å². The largest absolute Gasteiger partial charge is 0.363 e. The average Bonchev–Trinajstić information content (AvgIpc) is 2.62. The van der Waals surface area contributed by atoms with Gasteiger partial charge in [-0.25, -0.2) is 4.98 Å². The molecule has 0 aliphatic carbocycles. The Bertz CT molecular complexity index is 539. The van der Waals surface area contributed by atoms with Gasteiger partial charge in [0.25, 0.3) is 0 Å². The molecule has 7 heteroatoms. The lowest BCUT2D eigenvalue weighted by Gasteiger charge is -2.35. The summed E-state index contributed by atoms with van der Waals surface area (Å²) in [5.74, 6) is 4.38. The molecule has 2 aliphatic heterocycles. The van der Waals surface area contributed by atoms with Crippen LogP contribution in [-0.4, -0.2) is 72.6 Å². The number of hydrogen-bond donors (Lipinski definition) is 0. The Balaban J connectivity index is 1.57. The number of rotatable bonds is 3. The fourth-order valence-electron chi connectivity index (χ4n) is 3.11. The lowest BCUT2D eigenvalue weighted by atomic mass is 9.95. The molecule has 0 bridgehead atoms. The molecule has 126 valence electrons. The molecular weight excluding hydrogens is 310 g/mol. The molecule has 1 aromatic heterocycles. The van der Waals surface area contributed by atoms with Gasteiger partial charge in [0.15, 0.2) is 0 Å². The van der Waals surface area contributed by atoms with Gasteiger partial charge in [0.1, 0.15) is 5.82 Å². The highest BCUT2D eigenvalue weighted by molar-refractivity contribution is 7.99. The van der Waals surface area contributed by atoms with E-state index in [1.165, 1.54) is 0 Å². The highest BCUT2D eigenvalue weighted by Gasteiger charge is 2.30. The second-order valence-corrected chi connectivity index (χ2v) is 7.53. The predicted octanol–water partition coefficient (Wildman–Crippen LogP) is 1.33. The number of aromatic nitrogens is 2. The van der Waals surface area contributed by atoms with E-state index in [9.17, 15) is 4.79 Å². The van der Waals surface area contributed by atoms with Gasteiger partial charge >= 0.3 is 0 Å². The molecule has 0 atom stereocenters. The molecule has 0 spiro atoms. The highest BCUT2D eigenvalue weighted by atomic mass is 32.2. The van der Waals surface area contributed by atoms with Crippen molar-refractivity contribution in [3.63, 3.8) is 0 Å². The van der Waals surface area contributed by atoms with Crippen molar-refractivity contribution in [3.8, 4) is 0 Å². The molecular formula is C16H25N5OS. The number of hydrogen-bond acceptors (Lipinski definition) is 6. The zero-order chi connectivity index (χ0) is 16.2. The van der Waals surface area contributed by atoms with E-state index in [0.717, 1.165) is 62.3 Å². The number of nitrogens with zero attached hydrogens (tertiary/aromatic N) is 5. The summed E-state index contributed by atoms with van der Waals surface area (Å²) in [5, 5.41) is 0. The molecule has 2 aliphatic rings. The third-order valence-corrected chi connectivity index (χ3v) is 5.48. The van der Waals surface area contributed by atoms with Gasteiger partial charge in [0.05, 0.1) is 0 Å². The van der Waals surface area contributed by atoms with Crippen molar-refractivity contribution >= 4 is 29.4 Å². The van der Waals surface area contributed by atoms with Crippen LogP contribution in [-0.2, 0) is 4.79 Å². The van der Waals surface area contributed by atoms with Crippen molar-refractivity contribution in [1.29, 1.82) is 0 Å². The van der Waals surface area contributed by atoms with E-state index in [0.29, 0.717) is 5.91 Å². The van der Waals surface area contributed by atoms with Crippen LogP contribution in [0.2, 0.25) is 0 Å². The maximum absolute atomic E-state index is 12.6. The van der Waals surface area contributed by atoms with E-state index >= 15 is 0 Å². The van der Waals surface area contributed by atoms with E-state index in [4.69, 9.17) is 0 Å². The van der Waals surface area contributed by atoms with E-state index in [-0.39, 0.29) is 5.92 Å². The maximum atomic E-state index is 12.6. The van der Waals surface area contributed by atoms with Crippen molar-refractivity contribution in [1.82, 2.24) is 14.9 Å². The van der Waals surface area contributed by atoms with Crippen molar-refractivity contribution in [3.05, 3.63) is 12.3 Å². The number of piperidine rings is 1. The van der Waals surface area contributed by atoms with Gasteiger partial charge in [-0.15, -0.1) is 0 Å². The van der Waals surface area contributed by atoms with Gasteiger partial charge in [-0.3, -0.25) is 4.79 Å². The van der Waals surface area contributed by atoms with Crippen molar-refractivity contribution in [2.24, 2.45) is 5.92 Å². The molecule has 3 rings (SSSR count). The molecule has 0 unspecified atom stereocenters. The smallest absolute Gasteiger partial charge is 0.227 e. The van der Waals surface area contributed by atoms with E-state index < -0.39 is 0 Å². The van der Waals surface area contributed by atoms with Gasteiger partial charge in [0, 0.05) is 63.9 Å². The Labute approximate surface area is 142 Å². The molecule has 1 aromatic rings. The summed E-state index contributed by atoms with van der Waals surface area (Å²) in [6, 6.07) is 1.91. The molecule has 0 saturated carbocycles. The fourth-order valence-corrected chi connectivity index (χ4v) is 4.01. The molecule has 6 nitrogen and oxygen atoms in total. The van der Waals surface area contributed by atoms with Crippen LogP contribution < -0.4 is 9.80 Å². The molecule has 1 amide bonds. The topological polar surface area (TPSA) is 52.6 Å². The third kappa shape index (κ3) is 3.88. The first kappa shape index (κ1) is 16.4. The van der Waals surface area contributed by atoms with Crippen molar-refractivity contribution in [2.75, 3.05) is 61.6 Å². The summed E-state index contributed by atoms with van der Waals surface area (Å²) in [6.45, 7) is 3.54. The monoisotopic (exact) mass is 335 g/mol. The molecule has 0 radical (unpaired) electrons. The summed E-state index contributed by atoms with van der Waals surface area (Å²) >= 11 is 1.94. The molecule has 23 heavy (non-hydrogen) atoms. The number of anilines is 2. The van der Waals surface area contributed by atoms with Crippen LogP contribution in [0.25, 0.3) is 0 Å². The van der Waals surface area contributed by atoms with Crippen LogP contribution in [0.5, 0.6) is 0 Å². The lowest BCUT2D eigenvalue weighted by molar-refractivity contribution is -0.135. The fraction of sp³-hybridized carbons (Fsp3) is 0.688. The normalized spacial score (nSPS) is 19.7. The van der Waals surface area contributed by atoms with Crippen LogP contribution in [0.4, 0.5) is 11.8 Å². The first-order chi connectivity index (χ1) is 11.1. The summed E-state index contributed by atoms with van der Waals surface area (Å²) in [7, 11) is 3.96. The van der Waals surface area contributed by atoms with E-state index in [1.54, 1.807) is 6.20 Å². The van der Waals surface area contributed by atoms with Gasteiger partial charge < -0.3 is 14.7 Å². The Hall–Kier alpha value is -1.50. The molecule has 0 aromatic carbocycles. The number of carbonyl (C=O) groups excluding carboxylic acids is 1. The standard InChI is InChI=1S/C16H25N5OS/c1-19(2)14-3-6-17-16(18-14)21-7-4-13(5-8-21)15(22)20-9-11-23-12-10-20/h3,6,13H,4-5,7-12H2,1-2H3. The third-order valence-electron chi connectivity index (χ3n) is 4.54. The lowest BCUT2D eigenvalue weighted by Crippen LogP contribution is -2.45. The maximum Gasteiger partial charge on any atom is 0.227 e. The molecule has 2 fully saturated rings. The number of carbonyl (C=O) groups is 1. The van der Waals surface area contributed by atoms with E-state index in [1.807, 2.05) is 36.8 Å². The van der Waals surface area contributed by atoms with Gasteiger partial charge in [-0.1, -0.05) is 0 Å².